The topological polar surface area (TPSA) is 57.0 Å². The molecule has 2 aromatic rings. The van der Waals surface area contributed by atoms with E-state index in [0.29, 0.717) is 0 Å². The SMILES string of the molecule is CCc1nn(-c2cc(C)ccn2)c(CC)c1CC(=O)OC. The summed E-state index contributed by atoms with van der Waals surface area (Å²) < 4.78 is 6.65. The van der Waals surface area contributed by atoms with Crippen LogP contribution in [0, 0.1) is 6.92 Å². The maximum atomic E-state index is 11.6. The molecular weight excluding hydrogens is 266 g/mol. The summed E-state index contributed by atoms with van der Waals surface area (Å²) in [5.74, 6) is 0.550. The molecule has 0 spiro atoms. The lowest BCUT2D eigenvalue weighted by Crippen LogP contribution is -2.09. The van der Waals surface area contributed by atoms with Gasteiger partial charge in [0.25, 0.3) is 0 Å². The predicted octanol–water partition coefficient (Wildman–Crippen LogP) is 2.42. The van der Waals surface area contributed by atoms with E-state index in [9.17, 15) is 4.79 Å². The van der Waals surface area contributed by atoms with Gasteiger partial charge in [0, 0.05) is 17.5 Å². The summed E-state index contributed by atoms with van der Waals surface area (Å²) >= 11 is 0. The van der Waals surface area contributed by atoms with Crippen LogP contribution in [-0.2, 0) is 28.8 Å². The first-order chi connectivity index (χ1) is 10.1. The quantitative estimate of drug-likeness (QED) is 0.792. The Morgan fingerprint density at radius 3 is 2.67 bits per heavy atom. The minimum Gasteiger partial charge on any atom is -0.469 e. The second-order valence-corrected chi connectivity index (χ2v) is 4.94. The Kier molecular flexibility index (Phi) is 4.73. The van der Waals surface area contributed by atoms with Crippen LogP contribution in [0.1, 0.15) is 36.4 Å². The van der Waals surface area contributed by atoms with E-state index in [-0.39, 0.29) is 12.4 Å². The average molecular weight is 287 g/mol. The first-order valence-corrected chi connectivity index (χ1v) is 7.20. The first-order valence-electron chi connectivity index (χ1n) is 7.20. The van der Waals surface area contributed by atoms with E-state index in [2.05, 4.69) is 17.0 Å². The molecule has 0 fully saturated rings. The van der Waals surface area contributed by atoms with Crippen molar-refractivity contribution in [3.63, 3.8) is 0 Å². The van der Waals surface area contributed by atoms with Crippen molar-refractivity contribution in [1.82, 2.24) is 14.8 Å². The van der Waals surface area contributed by atoms with Crippen LogP contribution in [0.4, 0.5) is 0 Å². The molecule has 0 aromatic carbocycles. The molecule has 0 aliphatic heterocycles. The highest BCUT2D eigenvalue weighted by molar-refractivity contribution is 5.73. The van der Waals surface area contributed by atoms with Gasteiger partial charge in [-0.3, -0.25) is 4.79 Å². The minimum absolute atomic E-state index is 0.240. The molecule has 0 saturated carbocycles. The molecule has 5 nitrogen and oxygen atoms in total. The molecule has 0 bridgehead atoms. The Morgan fingerprint density at radius 2 is 2.10 bits per heavy atom. The molecule has 112 valence electrons. The molecule has 5 heteroatoms. The van der Waals surface area contributed by atoms with Crippen molar-refractivity contribution in [2.45, 2.75) is 40.0 Å². The summed E-state index contributed by atoms with van der Waals surface area (Å²) in [6, 6.07) is 3.95. The van der Waals surface area contributed by atoms with Crippen molar-refractivity contribution in [1.29, 1.82) is 0 Å². The second-order valence-electron chi connectivity index (χ2n) is 4.94. The minimum atomic E-state index is -0.240. The summed E-state index contributed by atoms with van der Waals surface area (Å²) in [5, 5.41) is 4.64. The Balaban J connectivity index is 2.54. The second kappa shape index (κ2) is 6.52. The van der Waals surface area contributed by atoms with Gasteiger partial charge in [-0.2, -0.15) is 5.10 Å². The zero-order chi connectivity index (χ0) is 15.4. The monoisotopic (exact) mass is 287 g/mol. The van der Waals surface area contributed by atoms with E-state index in [1.165, 1.54) is 7.11 Å². The fourth-order valence-electron chi connectivity index (χ4n) is 2.43. The van der Waals surface area contributed by atoms with Crippen molar-refractivity contribution >= 4 is 5.97 Å². The van der Waals surface area contributed by atoms with Crippen LogP contribution in [0.25, 0.3) is 5.82 Å². The van der Waals surface area contributed by atoms with E-state index < -0.39 is 0 Å². The highest BCUT2D eigenvalue weighted by atomic mass is 16.5. The molecule has 0 unspecified atom stereocenters. The number of esters is 1. The van der Waals surface area contributed by atoms with Crippen LogP contribution < -0.4 is 0 Å². The van der Waals surface area contributed by atoms with Crippen molar-refractivity contribution in [2.75, 3.05) is 7.11 Å². The first kappa shape index (κ1) is 15.2. The van der Waals surface area contributed by atoms with Gasteiger partial charge in [0.2, 0.25) is 0 Å². The van der Waals surface area contributed by atoms with E-state index >= 15 is 0 Å². The molecule has 0 aliphatic rings. The van der Waals surface area contributed by atoms with E-state index in [1.807, 2.05) is 30.7 Å². The van der Waals surface area contributed by atoms with Crippen molar-refractivity contribution < 1.29 is 9.53 Å². The number of hydrogen-bond acceptors (Lipinski definition) is 4. The molecule has 0 N–H and O–H groups in total. The van der Waals surface area contributed by atoms with Crippen LogP contribution in [0.5, 0.6) is 0 Å². The Hall–Kier alpha value is -2.17. The summed E-state index contributed by atoms with van der Waals surface area (Å²) in [6.07, 6.45) is 3.60. The summed E-state index contributed by atoms with van der Waals surface area (Å²) in [5.41, 5.74) is 4.05. The number of aromatic nitrogens is 3. The lowest BCUT2D eigenvalue weighted by Gasteiger charge is -2.07. The average Bonchev–Trinajstić information content (AvgIpc) is 2.84. The van der Waals surface area contributed by atoms with Gasteiger partial charge >= 0.3 is 5.97 Å². The number of pyridine rings is 1. The Labute approximate surface area is 125 Å². The van der Waals surface area contributed by atoms with Crippen molar-refractivity contribution in [3.05, 3.63) is 40.8 Å². The largest absolute Gasteiger partial charge is 0.469 e. The molecule has 2 rings (SSSR count). The highest BCUT2D eigenvalue weighted by Crippen LogP contribution is 2.21. The van der Waals surface area contributed by atoms with Gasteiger partial charge in [0.05, 0.1) is 19.2 Å². The van der Waals surface area contributed by atoms with Gasteiger partial charge < -0.3 is 4.74 Å². The lowest BCUT2D eigenvalue weighted by atomic mass is 10.1. The number of rotatable bonds is 5. The third-order valence-electron chi connectivity index (χ3n) is 3.51. The van der Waals surface area contributed by atoms with Gasteiger partial charge in [-0.05, 0) is 37.5 Å². The number of nitrogens with zero attached hydrogens (tertiary/aromatic N) is 3. The molecule has 0 radical (unpaired) electrons. The molecule has 0 saturated heterocycles. The Bertz CT molecular complexity index is 647. The molecule has 21 heavy (non-hydrogen) atoms. The molecular formula is C16H21N3O2. The number of hydrogen-bond donors (Lipinski definition) is 0. The normalized spacial score (nSPS) is 10.7. The molecule has 0 amide bonds. The highest BCUT2D eigenvalue weighted by Gasteiger charge is 2.19. The van der Waals surface area contributed by atoms with Crippen LogP contribution in [0.3, 0.4) is 0 Å². The van der Waals surface area contributed by atoms with Gasteiger partial charge in [0.15, 0.2) is 5.82 Å². The number of carbonyl (C=O) groups excluding carboxylic acids is 1. The van der Waals surface area contributed by atoms with Crippen LogP contribution in [0.2, 0.25) is 0 Å². The van der Waals surface area contributed by atoms with E-state index in [1.54, 1.807) is 6.20 Å². The molecule has 2 heterocycles. The summed E-state index contributed by atoms with van der Waals surface area (Å²) in [4.78, 5) is 16.0. The maximum absolute atomic E-state index is 11.6. The van der Waals surface area contributed by atoms with E-state index in [0.717, 1.165) is 41.2 Å². The number of aryl methyl sites for hydroxylation is 2. The van der Waals surface area contributed by atoms with E-state index in [4.69, 9.17) is 4.74 Å². The third kappa shape index (κ3) is 3.12. The number of ether oxygens (including phenoxy) is 1. The van der Waals surface area contributed by atoms with Gasteiger partial charge in [-0.25, -0.2) is 9.67 Å². The van der Waals surface area contributed by atoms with Gasteiger partial charge in [0.1, 0.15) is 0 Å². The van der Waals surface area contributed by atoms with Gasteiger partial charge in [-0.1, -0.05) is 13.8 Å². The predicted molar refractivity (Wildman–Crippen MR) is 80.6 cm³/mol. The van der Waals surface area contributed by atoms with Crippen molar-refractivity contribution in [2.24, 2.45) is 0 Å². The Morgan fingerprint density at radius 1 is 1.33 bits per heavy atom. The maximum Gasteiger partial charge on any atom is 0.310 e. The summed E-state index contributed by atoms with van der Waals surface area (Å²) in [7, 11) is 1.41. The van der Waals surface area contributed by atoms with Crippen molar-refractivity contribution in [3.8, 4) is 5.82 Å². The standard InChI is InChI=1S/C16H21N3O2/c1-5-13-12(10-16(20)21-4)14(6-2)19(18-13)15-9-11(3)7-8-17-15/h7-9H,5-6,10H2,1-4H3. The zero-order valence-electron chi connectivity index (χ0n) is 13.0. The molecule has 0 aliphatic carbocycles. The molecule has 2 aromatic heterocycles. The fraction of sp³-hybridized carbons (Fsp3) is 0.438. The lowest BCUT2D eigenvalue weighted by molar-refractivity contribution is -0.139. The van der Waals surface area contributed by atoms with Crippen LogP contribution in [0.15, 0.2) is 18.3 Å². The van der Waals surface area contributed by atoms with Gasteiger partial charge in [-0.15, -0.1) is 0 Å². The number of carbonyl (C=O) groups is 1. The third-order valence-corrected chi connectivity index (χ3v) is 3.51. The number of methoxy groups -OCH3 is 1. The van der Waals surface area contributed by atoms with Crippen LogP contribution in [-0.4, -0.2) is 27.8 Å². The zero-order valence-corrected chi connectivity index (χ0v) is 13.0. The summed E-state index contributed by atoms with van der Waals surface area (Å²) in [6.45, 7) is 6.12. The smallest absolute Gasteiger partial charge is 0.310 e. The molecule has 0 atom stereocenters. The fourth-order valence-corrected chi connectivity index (χ4v) is 2.43. The van der Waals surface area contributed by atoms with Crippen LogP contribution >= 0.6 is 0 Å².